The van der Waals surface area contributed by atoms with Gasteiger partial charge in [0.25, 0.3) is 0 Å². The smallest absolute Gasteiger partial charge is 0.408 e. The van der Waals surface area contributed by atoms with Gasteiger partial charge in [-0.3, -0.25) is 4.79 Å². The Labute approximate surface area is 183 Å². The zero-order chi connectivity index (χ0) is 22.6. The first-order chi connectivity index (χ1) is 14.6. The standard InChI is InChI=1S/C24H31N3O4/c1-24(2,3)31-23(29)26-19(20-11-13-22(28)30-20)14-16-6-8-17(9-7-16)18-10-12-21(25-15-18)27(4)5/h6-10,12,15,19-20H,11,13-14H2,1-5H3,(H,26,29). The van der Waals surface area contributed by atoms with E-state index in [-0.39, 0.29) is 18.1 Å². The zero-order valence-electron chi connectivity index (χ0n) is 18.8. The second kappa shape index (κ2) is 9.37. The molecular formula is C24H31N3O4. The maximum atomic E-state index is 12.3. The Morgan fingerprint density at radius 1 is 1.19 bits per heavy atom. The highest BCUT2D eigenvalue weighted by molar-refractivity contribution is 5.72. The van der Waals surface area contributed by atoms with Crippen LogP contribution in [0.2, 0.25) is 0 Å². The molecule has 1 N–H and O–H groups in total. The molecule has 166 valence electrons. The number of esters is 1. The molecule has 0 bridgehead atoms. The summed E-state index contributed by atoms with van der Waals surface area (Å²) in [5, 5.41) is 2.89. The molecule has 1 aromatic carbocycles. The van der Waals surface area contributed by atoms with E-state index >= 15 is 0 Å². The molecule has 31 heavy (non-hydrogen) atoms. The molecule has 1 amide bonds. The summed E-state index contributed by atoms with van der Waals surface area (Å²) in [4.78, 5) is 30.4. The van der Waals surface area contributed by atoms with E-state index < -0.39 is 11.7 Å². The molecule has 2 aromatic rings. The van der Waals surface area contributed by atoms with E-state index in [1.807, 2.05) is 82.4 Å². The third-order valence-electron chi connectivity index (χ3n) is 5.02. The third kappa shape index (κ3) is 6.44. The van der Waals surface area contributed by atoms with Crippen molar-refractivity contribution < 1.29 is 19.1 Å². The number of pyridine rings is 1. The predicted octanol–water partition coefficient (Wildman–Crippen LogP) is 3.96. The Hall–Kier alpha value is -3.09. The van der Waals surface area contributed by atoms with Crippen LogP contribution < -0.4 is 10.2 Å². The van der Waals surface area contributed by atoms with E-state index in [9.17, 15) is 9.59 Å². The number of anilines is 1. The highest BCUT2D eigenvalue weighted by Gasteiger charge is 2.33. The van der Waals surface area contributed by atoms with Gasteiger partial charge in [-0.15, -0.1) is 0 Å². The topological polar surface area (TPSA) is 80.8 Å². The van der Waals surface area contributed by atoms with Crippen molar-refractivity contribution in [2.24, 2.45) is 0 Å². The maximum Gasteiger partial charge on any atom is 0.408 e. The van der Waals surface area contributed by atoms with Gasteiger partial charge in [-0.2, -0.15) is 0 Å². The first-order valence-corrected chi connectivity index (χ1v) is 10.5. The second-order valence-electron chi connectivity index (χ2n) is 9.02. The number of hydrogen-bond donors (Lipinski definition) is 1. The number of amides is 1. The van der Waals surface area contributed by atoms with Gasteiger partial charge < -0.3 is 19.7 Å². The SMILES string of the molecule is CN(C)c1ccc(-c2ccc(CC(NC(=O)OC(C)(C)C)C3CCC(=O)O3)cc2)cn1. The monoisotopic (exact) mass is 425 g/mol. The molecule has 3 rings (SSSR count). The largest absolute Gasteiger partial charge is 0.460 e. The van der Waals surface area contributed by atoms with Gasteiger partial charge in [-0.1, -0.05) is 24.3 Å². The minimum atomic E-state index is -0.598. The predicted molar refractivity (Wildman–Crippen MR) is 120 cm³/mol. The molecule has 1 saturated heterocycles. The van der Waals surface area contributed by atoms with Crippen LogP contribution in [0.1, 0.15) is 39.2 Å². The van der Waals surface area contributed by atoms with Gasteiger partial charge in [0, 0.05) is 32.3 Å². The van der Waals surface area contributed by atoms with Crippen molar-refractivity contribution in [2.75, 3.05) is 19.0 Å². The Morgan fingerprint density at radius 3 is 2.39 bits per heavy atom. The lowest BCUT2D eigenvalue weighted by atomic mass is 9.97. The van der Waals surface area contributed by atoms with E-state index in [4.69, 9.17) is 9.47 Å². The number of rotatable bonds is 6. The zero-order valence-corrected chi connectivity index (χ0v) is 18.8. The lowest BCUT2D eigenvalue weighted by molar-refractivity contribution is -0.142. The maximum absolute atomic E-state index is 12.3. The summed E-state index contributed by atoms with van der Waals surface area (Å²) >= 11 is 0. The van der Waals surface area contributed by atoms with E-state index in [0.717, 1.165) is 22.5 Å². The number of aromatic nitrogens is 1. The van der Waals surface area contributed by atoms with Crippen molar-refractivity contribution in [1.29, 1.82) is 0 Å². The fourth-order valence-corrected chi connectivity index (χ4v) is 3.47. The van der Waals surface area contributed by atoms with Crippen LogP contribution in [-0.2, 0) is 20.7 Å². The highest BCUT2D eigenvalue weighted by Crippen LogP contribution is 2.24. The van der Waals surface area contributed by atoms with E-state index in [1.165, 1.54) is 0 Å². The number of carbonyl (C=O) groups excluding carboxylic acids is 2. The molecule has 2 atom stereocenters. The molecule has 2 unspecified atom stereocenters. The Balaban J connectivity index is 1.71. The summed E-state index contributed by atoms with van der Waals surface area (Å²) in [6, 6.07) is 11.8. The van der Waals surface area contributed by atoms with Gasteiger partial charge in [0.2, 0.25) is 0 Å². The highest BCUT2D eigenvalue weighted by atomic mass is 16.6. The van der Waals surface area contributed by atoms with Crippen LogP contribution in [0.4, 0.5) is 10.6 Å². The number of nitrogens with zero attached hydrogens (tertiary/aromatic N) is 2. The number of alkyl carbamates (subject to hydrolysis) is 1. The third-order valence-corrected chi connectivity index (χ3v) is 5.02. The number of benzene rings is 1. The summed E-state index contributed by atoms with van der Waals surface area (Å²) < 4.78 is 10.8. The van der Waals surface area contributed by atoms with Crippen molar-refractivity contribution in [3.63, 3.8) is 0 Å². The summed E-state index contributed by atoms with van der Waals surface area (Å²) in [6.45, 7) is 5.45. The number of carbonyl (C=O) groups is 2. The molecule has 7 nitrogen and oxygen atoms in total. The second-order valence-corrected chi connectivity index (χ2v) is 9.02. The van der Waals surface area contributed by atoms with Crippen molar-refractivity contribution >= 4 is 17.9 Å². The van der Waals surface area contributed by atoms with Gasteiger partial charge in [0.1, 0.15) is 17.5 Å². The van der Waals surface area contributed by atoms with Crippen LogP contribution >= 0.6 is 0 Å². The van der Waals surface area contributed by atoms with Crippen LogP contribution in [0, 0.1) is 0 Å². The Bertz CT molecular complexity index is 902. The number of cyclic esters (lactones) is 1. The van der Waals surface area contributed by atoms with Crippen molar-refractivity contribution in [3.05, 3.63) is 48.2 Å². The first kappa shape index (κ1) is 22.6. The number of hydrogen-bond acceptors (Lipinski definition) is 6. The molecule has 0 saturated carbocycles. The van der Waals surface area contributed by atoms with E-state index in [2.05, 4.69) is 10.3 Å². The van der Waals surface area contributed by atoms with Gasteiger partial charge in [-0.05, 0) is 56.9 Å². The molecule has 1 aromatic heterocycles. The lowest BCUT2D eigenvalue weighted by Crippen LogP contribution is -2.46. The molecule has 1 fully saturated rings. The molecule has 0 aliphatic carbocycles. The average Bonchev–Trinajstić information content (AvgIpc) is 3.13. The van der Waals surface area contributed by atoms with Crippen molar-refractivity contribution in [3.8, 4) is 11.1 Å². The molecule has 1 aliphatic heterocycles. The molecule has 0 radical (unpaired) electrons. The lowest BCUT2D eigenvalue weighted by Gasteiger charge is -2.26. The number of ether oxygens (including phenoxy) is 2. The average molecular weight is 426 g/mol. The first-order valence-electron chi connectivity index (χ1n) is 10.5. The number of nitrogens with one attached hydrogen (secondary N) is 1. The fourth-order valence-electron chi connectivity index (χ4n) is 3.47. The Morgan fingerprint density at radius 2 is 1.87 bits per heavy atom. The molecule has 0 spiro atoms. The normalized spacial score (nSPS) is 17.1. The van der Waals surface area contributed by atoms with Crippen molar-refractivity contribution in [2.45, 2.75) is 57.8 Å². The summed E-state index contributed by atoms with van der Waals surface area (Å²) in [7, 11) is 3.92. The molecule has 1 aliphatic rings. The summed E-state index contributed by atoms with van der Waals surface area (Å²) in [5.74, 6) is 0.674. The van der Waals surface area contributed by atoms with Gasteiger partial charge in [-0.25, -0.2) is 9.78 Å². The van der Waals surface area contributed by atoms with Crippen LogP contribution in [0.15, 0.2) is 42.6 Å². The quantitative estimate of drug-likeness (QED) is 0.706. The van der Waals surface area contributed by atoms with Crippen LogP contribution in [0.5, 0.6) is 0 Å². The van der Waals surface area contributed by atoms with Crippen LogP contribution in [0.3, 0.4) is 0 Å². The molecule has 2 heterocycles. The summed E-state index contributed by atoms with van der Waals surface area (Å²) in [5.41, 5.74) is 2.53. The van der Waals surface area contributed by atoms with Gasteiger partial charge in [0.15, 0.2) is 0 Å². The fraction of sp³-hybridized carbons (Fsp3) is 0.458. The molecular weight excluding hydrogens is 394 g/mol. The minimum Gasteiger partial charge on any atom is -0.460 e. The van der Waals surface area contributed by atoms with Crippen molar-refractivity contribution in [1.82, 2.24) is 10.3 Å². The molecule has 7 heteroatoms. The van der Waals surface area contributed by atoms with Gasteiger partial charge >= 0.3 is 12.1 Å². The van der Waals surface area contributed by atoms with Gasteiger partial charge in [0.05, 0.1) is 6.04 Å². The van der Waals surface area contributed by atoms with Crippen LogP contribution in [0.25, 0.3) is 11.1 Å². The van der Waals surface area contributed by atoms with E-state index in [0.29, 0.717) is 19.3 Å². The Kier molecular flexibility index (Phi) is 6.83. The minimum absolute atomic E-state index is 0.231. The van der Waals surface area contributed by atoms with E-state index in [1.54, 1.807) is 0 Å². The summed E-state index contributed by atoms with van der Waals surface area (Å²) in [6.07, 6.45) is 2.48. The van der Waals surface area contributed by atoms with Crippen LogP contribution in [-0.4, -0.2) is 48.9 Å².